The highest BCUT2D eigenvalue weighted by molar-refractivity contribution is 6.33. The van der Waals surface area contributed by atoms with E-state index in [0.29, 0.717) is 44.2 Å². The molecule has 1 fully saturated rings. The van der Waals surface area contributed by atoms with E-state index in [-0.39, 0.29) is 11.8 Å². The molecule has 31 heavy (non-hydrogen) atoms. The molecule has 0 atom stereocenters. The van der Waals surface area contributed by atoms with Gasteiger partial charge >= 0.3 is 0 Å². The third-order valence-electron chi connectivity index (χ3n) is 5.47. The lowest BCUT2D eigenvalue weighted by molar-refractivity contribution is -0.131. The summed E-state index contributed by atoms with van der Waals surface area (Å²) >= 11 is 6.30. The second-order valence-corrected chi connectivity index (χ2v) is 8.54. The number of anilines is 1. The average Bonchev–Trinajstić information content (AvgIpc) is 2.79. The molecule has 1 aliphatic heterocycles. The fourth-order valence-corrected chi connectivity index (χ4v) is 3.85. The van der Waals surface area contributed by atoms with E-state index in [1.54, 1.807) is 11.1 Å². The number of hydrogen-bond acceptors (Lipinski definition) is 5. The average molecular weight is 444 g/mol. The Hall–Kier alpha value is -2.67. The molecular weight excluding hydrogens is 414 g/mol. The summed E-state index contributed by atoms with van der Waals surface area (Å²) in [7, 11) is 0. The summed E-state index contributed by atoms with van der Waals surface area (Å²) in [5.41, 5.74) is 1.32. The molecule has 0 aliphatic carbocycles. The normalized spacial score (nSPS) is 14.1. The summed E-state index contributed by atoms with van der Waals surface area (Å²) in [6, 6.07) is 7.77. The summed E-state index contributed by atoms with van der Waals surface area (Å²) < 4.78 is 0. The maximum Gasteiger partial charge on any atom is 0.274 e. The SMILES string of the molecule is CC(C)CCN(CCC(=O)N1CCN(c2ccccc2Cl)CC1)C(=O)c1cnccn1. The number of piperazine rings is 1. The van der Waals surface area contributed by atoms with Crippen LogP contribution in [0.4, 0.5) is 5.69 Å². The Balaban J connectivity index is 1.54. The first-order valence-electron chi connectivity index (χ1n) is 10.8. The van der Waals surface area contributed by atoms with Crippen LogP contribution in [0, 0.1) is 5.92 Å². The summed E-state index contributed by atoms with van der Waals surface area (Å²) in [6.07, 6.45) is 5.70. The van der Waals surface area contributed by atoms with Crippen molar-refractivity contribution in [3.05, 3.63) is 53.6 Å². The molecule has 7 nitrogen and oxygen atoms in total. The van der Waals surface area contributed by atoms with E-state index in [4.69, 9.17) is 11.6 Å². The highest BCUT2D eigenvalue weighted by atomic mass is 35.5. The molecule has 0 spiro atoms. The van der Waals surface area contributed by atoms with Gasteiger partial charge in [-0.1, -0.05) is 37.6 Å². The Morgan fingerprint density at radius 3 is 2.48 bits per heavy atom. The number of carbonyl (C=O) groups is 2. The second kappa shape index (κ2) is 11.1. The smallest absolute Gasteiger partial charge is 0.274 e. The van der Waals surface area contributed by atoms with Gasteiger partial charge in [-0.15, -0.1) is 0 Å². The number of nitrogens with zero attached hydrogens (tertiary/aromatic N) is 5. The van der Waals surface area contributed by atoms with E-state index in [9.17, 15) is 9.59 Å². The van der Waals surface area contributed by atoms with Crippen molar-refractivity contribution in [2.75, 3.05) is 44.2 Å². The Bertz CT molecular complexity index is 869. The standard InChI is InChI=1S/C23H30ClN5O2/c1-18(2)7-11-29(23(31)20-17-25-9-10-26-20)12-8-22(30)28-15-13-27(14-16-28)21-6-4-3-5-19(21)24/h3-6,9-10,17-18H,7-8,11-16H2,1-2H3. The minimum absolute atomic E-state index is 0.0697. The van der Waals surface area contributed by atoms with Crippen LogP contribution in [0.5, 0.6) is 0 Å². The van der Waals surface area contributed by atoms with Crippen molar-refractivity contribution in [3.63, 3.8) is 0 Å². The van der Waals surface area contributed by atoms with E-state index in [2.05, 4.69) is 28.7 Å². The molecule has 1 aromatic heterocycles. The van der Waals surface area contributed by atoms with Crippen LogP contribution in [-0.4, -0.2) is 70.9 Å². The fraction of sp³-hybridized carbons (Fsp3) is 0.478. The van der Waals surface area contributed by atoms with Crippen molar-refractivity contribution >= 4 is 29.1 Å². The number of para-hydroxylation sites is 1. The summed E-state index contributed by atoms with van der Waals surface area (Å²) in [6.45, 7) is 7.99. The van der Waals surface area contributed by atoms with Gasteiger partial charge in [0.1, 0.15) is 5.69 Å². The Morgan fingerprint density at radius 1 is 1.10 bits per heavy atom. The number of hydrogen-bond donors (Lipinski definition) is 0. The molecule has 3 rings (SSSR count). The van der Waals surface area contributed by atoms with Gasteiger partial charge in [-0.3, -0.25) is 14.6 Å². The highest BCUT2D eigenvalue weighted by Crippen LogP contribution is 2.26. The molecule has 0 N–H and O–H groups in total. The summed E-state index contributed by atoms with van der Waals surface area (Å²) in [4.78, 5) is 39.6. The van der Waals surface area contributed by atoms with Gasteiger partial charge in [0.25, 0.3) is 5.91 Å². The number of carbonyl (C=O) groups excluding carboxylic acids is 2. The molecule has 166 valence electrons. The van der Waals surface area contributed by atoms with Gasteiger partial charge < -0.3 is 14.7 Å². The van der Waals surface area contributed by atoms with Crippen LogP contribution in [0.15, 0.2) is 42.9 Å². The van der Waals surface area contributed by atoms with Crippen LogP contribution >= 0.6 is 11.6 Å². The van der Waals surface area contributed by atoms with Crippen LogP contribution in [0.1, 0.15) is 37.2 Å². The lowest BCUT2D eigenvalue weighted by Gasteiger charge is -2.36. The molecular formula is C23H30ClN5O2. The largest absolute Gasteiger partial charge is 0.367 e. The lowest BCUT2D eigenvalue weighted by Crippen LogP contribution is -2.49. The van der Waals surface area contributed by atoms with E-state index in [0.717, 1.165) is 30.2 Å². The van der Waals surface area contributed by atoms with Gasteiger partial charge in [0, 0.05) is 58.1 Å². The molecule has 0 saturated carbocycles. The Kier molecular flexibility index (Phi) is 8.23. The van der Waals surface area contributed by atoms with Crippen molar-refractivity contribution in [1.82, 2.24) is 19.8 Å². The van der Waals surface area contributed by atoms with Crippen molar-refractivity contribution in [1.29, 1.82) is 0 Å². The molecule has 1 saturated heterocycles. The first kappa shape index (κ1) is 23.0. The van der Waals surface area contributed by atoms with Gasteiger partial charge in [0.05, 0.1) is 16.9 Å². The summed E-state index contributed by atoms with van der Waals surface area (Å²) in [5, 5.41) is 0.727. The number of halogens is 1. The van der Waals surface area contributed by atoms with Gasteiger partial charge in [-0.2, -0.15) is 0 Å². The zero-order valence-electron chi connectivity index (χ0n) is 18.2. The maximum atomic E-state index is 12.9. The van der Waals surface area contributed by atoms with Crippen molar-refractivity contribution in [2.24, 2.45) is 5.92 Å². The van der Waals surface area contributed by atoms with Crippen LogP contribution in [0.2, 0.25) is 5.02 Å². The Morgan fingerprint density at radius 2 is 1.84 bits per heavy atom. The molecule has 2 heterocycles. The van der Waals surface area contributed by atoms with Crippen LogP contribution in [0.25, 0.3) is 0 Å². The zero-order chi connectivity index (χ0) is 22.2. The second-order valence-electron chi connectivity index (χ2n) is 8.13. The molecule has 2 aromatic rings. The first-order chi connectivity index (χ1) is 15.0. The topological polar surface area (TPSA) is 69.6 Å². The van der Waals surface area contributed by atoms with E-state index in [1.165, 1.54) is 12.4 Å². The minimum atomic E-state index is -0.176. The molecule has 0 unspecified atom stereocenters. The Labute approximate surface area is 189 Å². The van der Waals surface area contributed by atoms with Crippen molar-refractivity contribution < 1.29 is 9.59 Å². The van der Waals surface area contributed by atoms with Crippen molar-refractivity contribution in [2.45, 2.75) is 26.7 Å². The predicted octanol–water partition coefficient (Wildman–Crippen LogP) is 3.36. The number of amides is 2. The maximum absolute atomic E-state index is 12.9. The zero-order valence-corrected chi connectivity index (χ0v) is 19.0. The van der Waals surface area contributed by atoms with Crippen LogP contribution in [0.3, 0.4) is 0 Å². The number of benzene rings is 1. The molecule has 0 bridgehead atoms. The third-order valence-corrected chi connectivity index (χ3v) is 5.79. The van der Waals surface area contributed by atoms with Gasteiger partial charge in [-0.05, 0) is 24.5 Å². The van der Waals surface area contributed by atoms with E-state index < -0.39 is 0 Å². The molecule has 8 heteroatoms. The minimum Gasteiger partial charge on any atom is -0.367 e. The number of aromatic nitrogens is 2. The molecule has 0 radical (unpaired) electrons. The molecule has 1 aliphatic rings. The van der Waals surface area contributed by atoms with Gasteiger partial charge in [-0.25, -0.2) is 4.98 Å². The predicted molar refractivity (Wildman–Crippen MR) is 122 cm³/mol. The van der Waals surface area contributed by atoms with Gasteiger partial charge in [0.2, 0.25) is 5.91 Å². The van der Waals surface area contributed by atoms with Crippen molar-refractivity contribution in [3.8, 4) is 0 Å². The molecule has 1 aromatic carbocycles. The van der Waals surface area contributed by atoms with Crippen LogP contribution in [-0.2, 0) is 4.79 Å². The first-order valence-corrected chi connectivity index (χ1v) is 11.2. The summed E-state index contributed by atoms with van der Waals surface area (Å²) in [5.74, 6) is 0.358. The fourth-order valence-electron chi connectivity index (χ4n) is 3.59. The van der Waals surface area contributed by atoms with E-state index >= 15 is 0 Å². The number of rotatable bonds is 8. The quantitative estimate of drug-likeness (QED) is 0.625. The van der Waals surface area contributed by atoms with E-state index in [1.807, 2.05) is 29.2 Å². The highest BCUT2D eigenvalue weighted by Gasteiger charge is 2.24. The van der Waals surface area contributed by atoms with Crippen LogP contribution < -0.4 is 4.90 Å². The lowest BCUT2D eigenvalue weighted by atomic mass is 10.1. The third kappa shape index (κ3) is 6.40. The van der Waals surface area contributed by atoms with Gasteiger partial charge in [0.15, 0.2) is 0 Å². The molecule has 2 amide bonds. The monoisotopic (exact) mass is 443 g/mol.